The van der Waals surface area contributed by atoms with Crippen LogP contribution in [0.4, 0.5) is 0 Å². The van der Waals surface area contributed by atoms with Crippen LogP contribution in [-0.2, 0) is 7.05 Å². The van der Waals surface area contributed by atoms with Gasteiger partial charge in [0.2, 0.25) is 0 Å². The van der Waals surface area contributed by atoms with E-state index in [0.29, 0.717) is 5.56 Å². The van der Waals surface area contributed by atoms with Gasteiger partial charge in [-0.25, -0.2) is 4.98 Å². The standard InChI is InChI=1S/C15H13BrN2O2/c1-18-13-6-4-10(20-2)8-12(13)17-15(18)11-5-3-9(16)7-14(11)19/h3-8,19H,1-2H3. The number of benzene rings is 2. The lowest BCUT2D eigenvalue weighted by Crippen LogP contribution is -1.92. The van der Waals surface area contributed by atoms with E-state index in [1.165, 1.54) is 0 Å². The maximum absolute atomic E-state index is 10.1. The molecular formula is C15H13BrN2O2. The van der Waals surface area contributed by atoms with Gasteiger partial charge in [-0.15, -0.1) is 0 Å². The number of imidazole rings is 1. The Kier molecular flexibility index (Phi) is 3.14. The number of phenolic OH excluding ortho intramolecular Hbond substituents is 1. The van der Waals surface area contributed by atoms with Crippen molar-refractivity contribution in [2.45, 2.75) is 0 Å². The summed E-state index contributed by atoms with van der Waals surface area (Å²) in [5, 5.41) is 10.1. The maximum atomic E-state index is 10.1. The van der Waals surface area contributed by atoms with Gasteiger partial charge >= 0.3 is 0 Å². The van der Waals surface area contributed by atoms with E-state index in [1.54, 1.807) is 13.2 Å². The van der Waals surface area contributed by atoms with E-state index >= 15 is 0 Å². The van der Waals surface area contributed by atoms with Gasteiger partial charge in [0.05, 0.1) is 23.7 Å². The molecule has 0 unspecified atom stereocenters. The van der Waals surface area contributed by atoms with Gasteiger partial charge in [-0.3, -0.25) is 0 Å². The number of hydrogen-bond acceptors (Lipinski definition) is 3. The fraction of sp³-hybridized carbons (Fsp3) is 0.133. The summed E-state index contributed by atoms with van der Waals surface area (Å²) in [5.74, 6) is 1.69. The average molecular weight is 333 g/mol. The molecule has 0 radical (unpaired) electrons. The molecule has 0 spiro atoms. The number of halogens is 1. The van der Waals surface area contributed by atoms with E-state index in [1.807, 2.05) is 41.9 Å². The topological polar surface area (TPSA) is 47.3 Å². The van der Waals surface area contributed by atoms with Crippen LogP contribution in [0.2, 0.25) is 0 Å². The van der Waals surface area contributed by atoms with Crippen molar-refractivity contribution in [1.82, 2.24) is 9.55 Å². The SMILES string of the molecule is COc1ccc2c(c1)nc(-c1ccc(Br)cc1O)n2C. The average Bonchev–Trinajstić information content (AvgIpc) is 2.75. The second-order valence-corrected chi connectivity index (χ2v) is 5.43. The summed E-state index contributed by atoms with van der Waals surface area (Å²) in [6, 6.07) is 11.1. The molecule has 0 aliphatic rings. The lowest BCUT2D eigenvalue weighted by molar-refractivity contribution is 0.415. The van der Waals surface area contributed by atoms with Crippen molar-refractivity contribution in [3.8, 4) is 22.9 Å². The summed E-state index contributed by atoms with van der Waals surface area (Å²) in [6.07, 6.45) is 0. The van der Waals surface area contributed by atoms with Crippen LogP contribution in [0.15, 0.2) is 40.9 Å². The van der Waals surface area contributed by atoms with Crippen LogP contribution < -0.4 is 4.74 Å². The van der Waals surface area contributed by atoms with E-state index in [9.17, 15) is 5.11 Å². The van der Waals surface area contributed by atoms with E-state index < -0.39 is 0 Å². The molecule has 0 bridgehead atoms. The second kappa shape index (κ2) is 4.83. The van der Waals surface area contributed by atoms with Crippen LogP contribution in [0.3, 0.4) is 0 Å². The molecule has 1 heterocycles. The van der Waals surface area contributed by atoms with Crippen molar-refractivity contribution < 1.29 is 9.84 Å². The third kappa shape index (κ3) is 2.04. The fourth-order valence-electron chi connectivity index (χ4n) is 2.24. The van der Waals surface area contributed by atoms with Gasteiger partial charge in [0.1, 0.15) is 17.3 Å². The summed E-state index contributed by atoms with van der Waals surface area (Å²) >= 11 is 3.34. The minimum absolute atomic E-state index is 0.199. The van der Waals surface area contributed by atoms with E-state index in [4.69, 9.17) is 4.74 Å². The molecule has 0 fully saturated rings. The first-order valence-corrected chi connectivity index (χ1v) is 6.89. The van der Waals surface area contributed by atoms with Crippen molar-refractivity contribution in [3.63, 3.8) is 0 Å². The van der Waals surface area contributed by atoms with Crippen molar-refractivity contribution >= 4 is 27.0 Å². The molecule has 1 N–H and O–H groups in total. The smallest absolute Gasteiger partial charge is 0.144 e. The van der Waals surface area contributed by atoms with Crippen molar-refractivity contribution in [2.75, 3.05) is 7.11 Å². The Labute approximate surface area is 124 Å². The Hall–Kier alpha value is -2.01. The number of phenols is 1. The minimum Gasteiger partial charge on any atom is -0.507 e. The van der Waals surface area contributed by atoms with Crippen LogP contribution in [0.1, 0.15) is 0 Å². The third-order valence-electron chi connectivity index (χ3n) is 3.29. The molecule has 5 heteroatoms. The fourth-order valence-corrected chi connectivity index (χ4v) is 2.59. The van der Waals surface area contributed by atoms with Crippen LogP contribution in [0.25, 0.3) is 22.4 Å². The molecule has 0 saturated carbocycles. The molecule has 0 atom stereocenters. The van der Waals surface area contributed by atoms with Gasteiger partial charge < -0.3 is 14.4 Å². The van der Waals surface area contributed by atoms with Crippen LogP contribution in [0.5, 0.6) is 11.5 Å². The third-order valence-corrected chi connectivity index (χ3v) is 3.78. The number of nitrogens with zero attached hydrogens (tertiary/aromatic N) is 2. The highest BCUT2D eigenvalue weighted by Gasteiger charge is 2.13. The summed E-state index contributed by atoms with van der Waals surface area (Å²) in [5.41, 5.74) is 2.53. The summed E-state index contributed by atoms with van der Waals surface area (Å²) in [4.78, 5) is 4.59. The molecule has 102 valence electrons. The highest BCUT2D eigenvalue weighted by atomic mass is 79.9. The molecule has 0 amide bonds. The van der Waals surface area contributed by atoms with Gasteiger partial charge in [-0.1, -0.05) is 15.9 Å². The Balaban J connectivity index is 2.23. The predicted octanol–water partition coefficient (Wildman–Crippen LogP) is 3.72. The van der Waals surface area contributed by atoms with Crippen LogP contribution >= 0.6 is 15.9 Å². The van der Waals surface area contributed by atoms with Gasteiger partial charge in [0, 0.05) is 17.6 Å². The van der Waals surface area contributed by atoms with Gasteiger partial charge in [0.25, 0.3) is 0 Å². The highest BCUT2D eigenvalue weighted by Crippen LogP contribution is 2.33. The Morgan fingerprint density at radius 2 is 2.00 bits per heavy atom. The van der Waals surface area contributed by atoms with Gasteiger partial charge in [0.15, 0.2) is 0 Å². The molecule has 4 nitrogen and oxygen atoms in total. The number of aromatic nitrogens is 2. The second-order valence-electron chi connectivity index (χ2n) is 4.51. The van der Waals surface area contributed by atoms with E-state index in [2.05, 4.69) is 20.9 Å². The van der Waals surface area contributed by atoms with Crippen molar-refractivity contribution in [2.24, 2.45) is 7.05 Å². The zero-order valence-electron chi connectivity index (χ0n) is 11.1. The Morgan fingerprint density at radius 3 is 2.70 bits per heavy atom. The molecular weight excluding hydrogens is 320 g/mol. The molecule has 2 aromatic carbocycles. The summed E-state index contributed by atoms with van der Waals surface area (Å²) in [7, 11) is 3.56. The number of fused-ring (bicyclic) bond motifs is 1. The lowest BCUT2D eigenvalue weighted by atomic mass is 10.2. The lowest BCUT2D eigenvalue weighted by Gasteiger charge is -2.05. The molecule has 3 aromatic rings. The number of ether oxygens (including phenoxy) is 1. The van der Waals surface area contributed by atoms with Crippen LogP contribution in [0, 0.1) is 0 Å². The van der Waals surface area contributed by atoms with Crippen LogP contribution in [-0.4, -0.2) is 21.8 Å². The molecule has 0 aliphatic carbocycles. The van der Waals surface area contributed by atoms with Crippen molar-refractivity contribution in [1.29, 1.82) is 0 Å². The molecule has 20 heavy (non-hydrogen) atoms. The monoisotopic (exact) mass is 332 g/mol. The summed E-state index contributed by atoms with van der Waals surface area (Å²) < 4.78 is 8.00. The quantitative estimate of drug-likeness (QED) is 0.778. The maximum Gasteiger partial charge on any atom is 0.144 e. The first-order chi connectivity index (χ1) is 9.60. The number of aromatic hydroxyl groups is 1. The minimum atomic E-state index is 0.199. The zero-order chi connectivity index (χ0) is 14.3. The Morgan fingerprint density at radius 1 is 1.20 bits per heavy atom. The normalized spacial score (nSPS) is 10.9. The number of aryl methyl sites for hydroxylation is 1. The number of rotatable bonds is 2. The first kappa shape index (κ1) is 13.0. The van der Waals surface area contributed by atoms with E-state index in [0.717, 1.165) is 27.1 Å². The Bertz CT molecular complexity index is 796. The summed E-state index contributed by atoms with van der Waals surface area (Å²) in [6.45, 7) is 0. The largest absolute Gasteiger partial charge is 0.507 e. The van der Waals surface area contributed by atoms with Gasteiger partial charge in [-0.2, -0.15) is 0 Å². The first-order valence-electron chi connectivity index (χ1n) is 6.09. The van der Waals surface area contributed by atoms with E-state index in [-0.39, 0.29) is 5.75 Å². The highest BCUT2D eigenvalue weighted by molar-refractivity contribution is 9.10. The zero-order valence-corrected chi connectivity index (χ0v) is 12.7. The molecule has 3 rings (SSSR count). The predicted molar refractivity (Wildman–Crippen MR) is 82.1 cm³/mol. The molecule has 0 aliphatic heterocycles. The van der Waals surface area contributed by atoms with Crippen molar-refractivity contribution in [3.05, 3.63) is 40.9 Å². The molecule has 1 aromatic heterocycles. The number of hydrogen-bond donors (Lipinski definition) is 1. The van der Waals surface area contributed by atoms with Gasteiger partial charge in [-0.05, 0) is 30.3 Å². The molecule has 0 saturated heterocycles. The number of methoxy groups -OCH3 is 1.